The van der Waals surface area contributed by atoms with Gasteiger partial charge in [-0.2, -0.15) is 0 Å². The van der Waals surface area contributed by atoms with Crippen molar-refractivity contribution in [1.29, 1.82) is 0 Å². The fourth-order valence-corrected chi connectivity index (χ4v) is 2.02. The second kappa shape index (κ2) is 4.42. The van der Waals surface area contributed by atoms with Crippen LogP contribution in [0.2, 0.25) is 0 Å². The highest BCUT2D eigenvalue weighted by Crippen LogP contribution is 2.19. The summed E-state index contributed by atoms with van der Waals surface area (Å²) < 4.78 is 0. The fourth-order valence-electron chi connectivity index (χ4n) is 2.02. The van der Waals surface area contributed by atoms with Gasteiger partial charge in [0.2, 0.25) is 0 Å². The van der Waals surface area contributed by atoms with Gasteiger partial charge in [-0.15, -0.1) is 0 Å². The molecule has 3 N–H and O–H groups in total. The van der Waals surface area contributed by atoms with Crippen LogP contribution in [-0.2, 0) is 12.8 Å². The second-order valence-corrected chi connectivity index (χ2v) is 3.86. The van der Waals surface area contributed by atoms with Crippen molar-refractivity contribution in [2.24, 2.45) is 5.84 Å². The van der Waals surface area contributed by atoms with Gasteiger partial charge in [0.15, 0.2) is 0 Å². The lowest BCUT2D eigenvalue weighted by molar-refractivity contribution is 0.609. The van der Waals surface area contributed by atoms with Gasteiger partial charge in [-0.3, -0.25) is 0 Å². The molecule has 2 rings (SSSR count). The molecule has 14 heavy (non-hydrogen) atoms. The number of nitrogens with two attached hydrogens (primary N) is 1. The molecule has 1 aromatic rings. The molecule has 0 aliphatic heterocycles. The minimum atomic E-state index is 0.782. The van der Waals surface area contributed by atoms with Gasteiger partial charge in [-0.25, -0.2) is 10.8 Å². The number of fused-ring (bicyclic) bond motifs is 1. The van der Waals surface area contributed by atoms with Crippen molar-refractivity contribution in [3.63, 3.8) is 0 Å². The van der Waals surface area contributed by atoms with E-state index in [1.165, 1.54) is 43.4 Å². The summed E-state index contributed by atoms with van der Waals surface area (Å²) in [4.78, 5) is 4.50. The van der Waals surface area contributed by atoms with E-state index in [0.29, 0.717) is 0 Å². The van der Waals surface area contributed by atoms with Crippen LogP contribution >= 0.6 is 0 Å². The van der Waals surface area contributed by atoms with E-state index in [9.17, 15) is 0 Å². The maximum atomic E-state index is 5.34. The lowest BCUT2D eigenvalue weighted by Gasteiger charge is -2.13. The van der Waals surface area contributed by atoms with Crippen LogP contribution in [0.5, 0.6) is 0 Å². The van der Waals surface area contributed by atoms with Crippen molar-refractivity contribution >= 4 is 5.82 Å². The van der Waals surface area contributed by atoms with Crippen LogP contribution in [0.15, 0.2) is 12.1 Å². The largest absolute Gasteiger partial charge is 0.308 e. The van der Waals surface area contributed by atoms with Crippen LogP contribution < -0.4 is 11.3 Å². The number of nitrogens with one attached hydrogen (secondary N) is 1. The van der Waals surface area contributed by atoms with Crippen LogP contribution in [0.25, 0.3) is 0 Å². The molecule has 1 aromatic heterocycles. The Labute approximate surface area is 84.7 Å². The quantitative estimate of drug-likeness (QED) is 0.527. The second-order valence-electron chi connectivity index (χ2n) is 3.86. The van der Waals surface area contributed by atoms with Crippen molar-refractivity contribution in [3.05, 3.63) is 23.4 Å². The zero-order valence-electron chi connectivity index (χ0n) is 8.42. The standard InChI is InChI=1S/C11H17N3/c12-14-11-8-7-9-5-3-1-2-4-6-10(9)13-11/h7-8H,1-6,12H2,(H,13,14). The summed E-state index contributed by atoms with van der Waals surface area (Å²) in [6, 6.07) is 4.11. The Bertz CT molecular complexity index is 309. The van der Waals surface area contributed by atoms with Crippen molar-refractivity contribution in [2.45, 2.75) is 38.5 Å². The molecule has 0 bridgehead atoms. The molecule has 0 unspecified atom stereocenters. The summed E-state index contributed by atoms with van der Waals surface area (Å²) >= 11 is 0. The Kier molecular flexibility index (Phi) is 2.99. The number of pyridine rings is 1. The van der Waals surface area contributed by atoms with E-state index in [4.69, 9.17) is 5.84 Å². The predicted molar refractivity (Wildman–Crippen MR) is 57.9 cm³/mol. The van der Waals surface area contributed by atoms with Gasteiger partial charge in [0.25, 0.3) is 0 Å². The summed E-state index contributed by atoms with van der Waals surface area (Å²) in [6.45, 7) is 0. The summed E-state index contributed by atoms with van der Waals surface area (Å²) in [6.07, 6.45) is 7.52. The lowest BCUT2D eigenvalue weighted by Crippen LogP contribution is -2.11. The molecule has 76 valence electrons. The normalized spacial score (nSPS) is 16.6. The number of anilines is 1. The molecule has 1 aliphatic rings. The SMILES string of the molecule is NNc1ccc2c(n1)CCCCCC2. The first-order valence-corrected chi connectivity index (χ1v) is 5.35. The zero-order valence-corrected chi connectivity index (χ0v) is 8.42. The average Bonchev–Trinajstić information content (AvgIpc) is 2.18. The molecule has 0 saturated carbocycles. The van der Waals surface area contributed by atoms with E-state index in [-0.39, 0.29) is 0 Å². The summed E-state index contributed by atoms with van der Waals surface area (Å²) in [5.41, 5.74) is 5.24. The van der Waals surface area contributed by atoms with E-state index in [2.05, 4.69) is 16.5 Å². The van der Waals surface area contributed by atoms with E-state index < -0.39 is 0 Å². The number of nitrogen functional groups attached to an aromatic ring is 1. The van der Waals surface area contributed by atoms with Gasteiger partial charge in [0.1, 0.15) is 5.82 Å². The Hall–Kier alpha value is -1.09. The molecular formula is C11H17N3. The number of hydrazine groups is 1. The molecule has 0 aromatic carbocycles. The van der Waals surface area contributed by atoms with Crippen molar-refractivity contribution in [1.82, 2.24) is 4.98 Å². The fraction of sp³-hybridized carbons (Fsp3) is 0.545. The predicted octanol–water partition coefficient (Wildman–Crippen LogP) is 2.03. The van der Waals surface area contributed by atoms with Crippen LogP contribution in [0.1, 0.15) is 36.9 Å². The van der Waals surface area contributed by atoms with Gasteiger partial charge in [0.05, 0.1) is 0 Å². The zero-order chi connectivity index (χ0) is 9.80. The smallest absolute Gasteiger partial charge is 0.140 e. The van der Waals surface area contributed by atoms with Gasteiger partial charge in [-0.05, 0) is 37.3 Å². The third-order valence-corrected chi connectivity index (χ3v) is 2.83. The molecule has 0 fully saturated rings. The highest BCUT2D eigenvalue weighted by Gasteiger charge is 2.08. The molecule has 0 saturated heterocycles. The first kappa shape index (κ1) is 9.46. The molecule has 0 atom stereocenters. The van der Waals surface area contributed by atoms with E-state index >= 15 is 0 Å². The third kappa shape index (κ3) is 2.04. The number of aromatic nitrogens is 1. The Morgan fingerprint density at radius 2 is 1.86 bits per heavy atom. The van der Waals surface area contributed by atoms with Gasteiger partial charge < -0.3 is 5.43 Å². The maximum Gasteiger partial charge on any atom is 0.140 e. The van der Waals surface area contributed by atoms with Crippen LogP contribution in [0, 0.1) is 0 Å². The van der Waals surface area contributed by atoms with E-state index in [0.717, 1.165) is 12.2 Å². The number of hydrogen-bond donors (Lipinski definition) is 2. The molecule has 0 spiro atoms. The molecule has 3 nitrogen and oxygen atoms in total. The molecule has 0 amide bonds. The minimum Gasteiger partial charge on any atom is -0.308 e. The van der Waals surface area contributed by atoms with Crippen LogP contribution in [0.4, 0.5) is 5.82 Å². The molecular weight excluding hydrogens is 174 g/mol. The van der Waals surface area contributed by atoms with Gasteiger partial charge in [-0.1, -0.05) is 18.9 Å². The minimum absolute atomic E-state index is 0.782. The molecule has 1 heterocycles. The summed E-state index contributed by atoms with van der Waals surface area (Å²) in [5.74, 6) is 6.12. The van der Waals surface area contributed by atoms with Crippen molar-refractivity contribution in [3.8, 4) is 0 Å². The Morgan fingerprint density at radius 3 is 2.64 bits per heavy atom. The average molecular weight is 191 g/mol. The number of hydrogen-bond acceptors (Lipinski definition) is 3. The highest BCUT2D eigenvalue weighted by molar-refractivity contribution is 5.37. The van der Waals surface area contributed by atoms with Gasteiger partial charge >= 0.3 is 0 Å². The van der Waals surface area contributed by atoms with Crippen molar-refractivity contribution < 1.29 is 0 Å². The molecule has 0 radical (unpaired) electrons. The Morgan fingerprint density at radius 1 is 1.07 bits per heavy atom. The molecule has 3 heteroatoms. The first-order valence-electron chi connectivity index (χ1n) is 5.35. The highest BCUT2D eigenvalue weighted by atomic mass is 15.2. The lowest BCUT2D eigenvalue weighted by atomic mass is 9.97. The number of aryl methyl sites for hydroxylation is 2. The topological polar surface area (TPSA) is 50.9 Å². The maximum absolute atomic E-state index is 5.34. The van der Waals surface area contributed by atoms with Crippen LogP contribution in [0.3, 0.4) is 0 Å². The van der Waals surface area contributed by atoms with E-state index in [1.54, 1.807) is 0 Å². The van der Waals surface area contributed by atoms with Crippen LogP contribution in [-0.4, -0.2) is 4.98 Å². The van der Waals surface area contributed by atoms with E-state index in [1.807, 2.05) is 6.07 Å². The monoisotopic (exact) mass is 191 g/mol. The first-order chi connectivity index (χ1) is 6.90. The third-order valence-electron chi connectivity index (χ3n) is 2.83. The molecule has 1 aliphatic carbocycles. The van der Waals surface area contributed by atoms with Gasteiger partial charge in [0, 0.05) is 5.69 Å². The summed E-state index contributed by atoms with van der Waals surface area (Å²) in [5, 5.41) is 0. The Balaban J connectivity index is 2.26. The number of rotatable bonds is 1. The summed E-state index contributed by atoms with van der Waals surface area (Å²) in [7, 11) is 0. The van der Waals surface area contributed by atoms with Crippen molar-refractivity contribution in [2.75, 3.05) is 5.43 Å². The number of nitrogens with zero attached hydrogens (tertiary/aromatic N) is 1.